The average molecular weight is 221 g/mol. The molecule has 0 radical (unpaired) electrons. The lowest BCUT2D eigenvalue weighted by Crippen LogP contribution is -2.51. The van der Waals surface area contributed by atoms with E-state index in [1.807, 2.05) is 6.92 Å². The molecule has 2 atom stereocenters. The van der Waals surface area contributed by atoms with Crippen molar-refractivity contribution in [3.05, 3.63) is 0 Å². The van der Waals surface area contributed by atoms with Gasteiger partial charge in [0.2, 0.25) is 0 Å². The van der Waals surface area contributed by atoms with Gasteiger partial charge in [-0.1, -0.05) is 6.92 Å². The lowest BCUT2D eigenvalue weighted by Gasteiger charge is -2.35. The Balaban J connectivity index is 2.69. The zero-order chi connectivity index (χ0) is 10.8. The van der Waals surface area contributed by atoms with Crippen LogP contribution in [-0.2, 0) is 10.2 Å². The average Bonchev–Trinajstić information content (AvgIpc) is 2.02. The molecule has 1 rings (SSSR count). The van der Waals surface area contributed by atoms with Gasteiger partial charge < -0.3 is 5.73 Å². The highest BCUT2D eigenvalue weighted by Gasteiger charge is 2.31. The Labute approximate surface area is 85.8 Å². The zero-order valence-corrected chi connectivity index (χ0v) is 9.55. The Morgan fingerprint density at radius 1 is 1.57 bits per heavy atom. The Morgan fingerprint density at radius 3 is 2.71 bits per heavy atom. The highest BCUT2D eigenvalue weighted by Crippen LogP contribution is 2.18. The van der Waals surface area contributed by atoms with E-state index in [0.29, 0.717) is 13.1 Å². The van der Waals surface area contributed by atoms with E-state index in [-0.39, 0.29) is 12.1 Å². The second-order valence-corrected chi connectivity index (χ2v) is 5.45. The summed E-state index contributed by atoms with van der Waals surface area (Å²) in [6.45, 7) is 4.63. The summed E-state index contributed by atoms with van der Waals surface area (Å²) in [5.74, 6) is 0. The van der Waals surface area contributed by atoms with Crippen LogP contribution in [0.2, 0.25) is 0 Å². The SMILES string of the molecule is CCNS(=O)(=O)N1CCC(N)CC1C. The summed E-state index contributed by atoms with van der Waals surface area (Å²) in [7, 11) is -3.28. The number of rotatable bonds is 3. The Morgan fingerprint density at radius 2 is 2.21 bits per heavy atom. The second-order valence-electron chi connectivity index (χ2n) is 3.75. The van der Waals surface area contributed by atoms with Crippen molar-refractivity contribution >= 4 is 10.2 Å². The number of piperidine rings is 1. The van der Waals surface area contributed by atoms with E-state index >= 15 is 0 Å². The van der Waals surface area contributed by atoms with Crippen molar-refractivity contribution in [1.82, 2.24) is 9.03 Å². The van der Waals surface area contributed by atoms with Crippen molar-refractivity contribution in [3.63, 3.8) is 0 Å². The van der Waals surface area contributed by atoms with Crippen LogP contribution < -0.4 is 10.5 Å². The van der Waals surface area contributed by atoms with Gasteiger partial charge in [-0.15, -0.1) is 0 Å². The molecular formula is C8H19N3O2S. The first-order chi connectivity index (χ1) is 6.47. The van der Waals surface area contributed by atoms with Crippen LogP contribution in [0.3, 0.4) is 0 Å². The fraction of sp³-hybridized carbons (Fsp3) is 1.00. The zero-order valence-electron chi connectivity index (χ0n) is 8.73. The molecule has 6 heteroatoms. The van der Waals surface area contributed by atoms with Crippen molar-refractivity contribution in [3.8, 4) is 0 Å². The normalized spacial score (nSPS) is 30.5. The van der Waals surface area contributed by atoms with Crippen molar-refractivity contribution in [2.45, 2.75) is 38.8 Å². The maximum atomic E-state index is 11.7. The molecule has 0 aromatic heterocycles. The van der Waals surface area contributed by atoms with Gasteiger partial charge in [0.1, 0.15) is 0 Å². The van der Waals surface area contributed by atoms with Gasteiger partial charge in [-0.25, -0.2) is 4.72 Å². The van der Waals surface area contributed by atoms with Crippen LogP contribution >= 0.6 is 0 Å². The monoisotopic (exact) mass is 221 g/mol. The predicted molar refractivity (Wildman–Crippen MR) is 56.0 cm³/mol. The summed E-state index contributed by atoms with van der Waals surface area (Å²) in [5.41, 5.74) is 5.76. The molecule has 5 nitrogen and oxygen atoms in total. The van der Waals surface area contributed by atoms with Gasteiger partial charge >= 0.3 is 0 Å². The fourth-order valence-corrected chi connectivity index (χ4v) is 3.25. The summed E-state index contributed by atoms with van der Waals surface area (Å²) in [6.07, 6.45) is 1.49. The van der Waals surface area contributed by atoms with Crippen LogP contribution in [0.5, 0.6) is 0 Å². The Bertz CT molecular complexity index is 278. The lowest BCUT2D eigenvalue weighted by atomic mass is 10.0. The molecule has 1 aliphatic rings. The van der Waals surface area contributed by atoms with Crippen molar-refractivity contribution in [2.24, 2.45) is 5.73 Å². The van der Waals surface area contributed by atoms with E-state index in [2.05, 4.69) is 4.72 Å². The minimum Gasteiger partial charge on any atom is -0.328 e. The first-order valence-electron chi connectivity index (χ1n) is 4.99. The standard InChI is InChI=1S/C8H19N3O2S/c1-3-10-14(12,13)11-5-4-8(9)6-7(11)2/h7-8,10H,3-6,9H2,1-2H3. The van der Waals surface area contributed by atoms with Crippen LogP contribution in [0.15, 0.2) is 0 Å². The summed E-state index contributed by atoms with van der Waals surface area (Å²) in [6, 6.07) is 0.140. The molecule has 2 unspecified atom stereocenters. The fourth-order valence-electron chi connectivity index (χ4n) is 1.81. The number of nitrogens with two attached hydrogens (primary N) is 1. The highest BCUT2D eigenvalue weighted by molar-refractivity contribution is 7.87. The van der Waals surface area contributed by atoms with E-state index in [1.54, 1.807) is 6.92 Å². The Kier molecular flexibility index (Phi) is 3.88. The third kappa shape index (κ3) is 2.66. The van der Waals surface area contributed by atoms with Gasteiger partial charge in [0.15, 0.2) is 0 Å². The van der Waals surface area contributed by atoms with E-state index in [1.165, 1.54) is 4.31 Å². The third-order valence-corrected chi connectivity index (χ3v) is 4.30. The second kappa shape index (κ2) is 4.57. The molecule has 0 aromatic rings. The summed E-state index contributed by atoms with van der Waals surface area (Å²) < 4.78 is 27.3. The van der Waals surface area contributed by atoms with Gasteiger partial charge in [-0.3, -0.25) is 0 Å². The van der Waals surface area contributed by atoms with E-state index in [0.717, 1.165) is 12.8 Å². The van der Waals surface area contributed by atoms with Crippen LogP contribution in [0.1, 0.15) is 26.7 Å². The molecule has 0 amide bonds. The first-order valence-corrected chi connectivity index (χ1v) is 6.43. The number of hydrogen-bond acceptors (Lipinski definition) is 3. The molecule has 0 saturated carbocycles. The molecule has 0 spiro atoms. The maximum absolute atomic E-state index is 11.7. The molecule has 1 heterocycles. The largest absolute Gasteiger partial charge is 0.328 e. The highest BCUT2D eigenvalue weighted by atomic mass is 32.2. The smallest absolute Gasteiger partial charge is 0.279 e. The van der Waals surface area contributed by atoms with Gasteiger partial charge in [-0.2, -0.15) is 12.7 Å². The molecule has 0 bridgehead atoms. The van der Waals surface area contributed by atoms with Crippen molar-refractivity contribution in [1.29, 1.82) is 0 Å². The lowest BCUT2D eigenvalue weighted by molar-refractivity contribution is 0.245. The maximum Gasteiger partial charge on any atom is 0.279 e. The van der Waals surface area contributed by atoms with E-state index in [4.69, 9.17) is 5.73 Å². The molecule has 14 heavy (non-hydrogen) atoms. The molecule has 1 saturated heterocycles. The first kappa shape index (κ1) is 11.9. The van der Waals surface area contributed by atoms with Crippen LogP contribution in [0.4, 0.5) is 0 Å². The van der Waals surface area contributed by atoms with Gasteiger partial charge in [0, 0.05) is 25.2 Å². The molecule has 0 aliphatic carbocycles. The van der Waals surface area contributed by atoms with Crippen molar-refractivity contribution < 1.29 is 8.42 Å². The minimum absolute atomic E-state index is 0.00259. The quantitative estimate of drug-likeness (QED) is 0.684. The molecule has 3 N–H and O–H groups in total. The van der Waals surface area contributed by atoms with Crippen LogP contribution in [0, 0.1) is 0 Å². The number of nitrogens with one attached hydrogen (secondary N) is 1. The summed E-state index contributed by atoms with van der Waals surface area (Å²) in [5, 5.41) is 0. The minimum atomic E-state index is -3.28. The van der Waals surface area contributed by atoms with Gasteiger partial charge in [0.25, 0.3) is 10.2 Å². The predicted octanol–water partition coefficient (Wildman–Crippen LogP) is -0.348. The van der Waals surface area contributed by atoms with Crippen LogP contribution in [-0.4, -0.2) is 37.9 Å². The number of hydrogen-bond donors (Lipinski definition) is 2. The summed E-state index contributed by atoms with van der Waals surface area (Å²) in [4.78, 5) is 0. The van der Waals surface area contributed by atoms with E-state index in [9.17, 15) is 8.42 Å². The molecular weight excluding hydrogens is 202 g/mol. The van der Waals surface area contributed by atoms with Crippen LogP contribution in [0.25, 0.3) is 0 Å². The molecule has 1 aliphatic heterocycles. The Hall–Kier alpha value is -0.170. The molecule has 0 aromatic carbocycles. The topological polar surface area (TPSA) is 75.4 Å². The molecule has 1 fully saturated rings. The van der Waals surface area contributed by atoms with Gasteiger partial charge in [-0.05, 0) is 19.8 Å². The molecule has 84 valence electrons. The summed E-state index contributed by atoms with van der Waals surface area (Å²) >= 11 is 0. The number of nitrogens with zero attached hydrogens (tertiary/aromatic N) is 1. The van der Waals surface area contributed by atoms with Crippen molar-refractivity contribution in [2.75, 3.05) is 13.1 Å². The van der Waals surface area contributed by atoms with E-state index < -0.39 is 10.2 Å². The third-order valence-electron chi connectivity index (χ3n) is 2.49. The van der Waals surface area contributed by atoms with Gasteiger partial charge in [0.05, 0.1) is 0 Å².